The van der Waals surface area contributed by atoms with E-state index in [2.05, 4.69) is 20.8 Å². The maximum atomic E-state index is 14.0. The van der Waals surface area contributed by atoms with Crippen LogP contribution in [-0.2, 0) is 30.3 Å². The molecule has 15 heteroatoms. The number of furan rings is 1. The molecule has 3 aliphatic rings. The van der Waals surface area contributed by atoms with Gasteiger partial charge in [-0.05, 0) is 50.8 Å². The predicted molar refractivity (Wildman–Crippen MR) is 178 cm³/mol. The van der Waals surface area contributed by atoms with Gasteiger partial charge in [-0.2, -0.15) is 5.10 Å². The van der Waals surface area contributed by atoms with E-state index in [9.17, 15) is 29.1 Å². The minimum Gasteiger partial charge on any atom is -0.460 e. The summed E-state index contributed by atoms with van der Waals surface area (Å²) in [6.45, 7) is 3.18. The number of nitrogens with zero attached hydrogens (tertiary/aromatic N) is 4. The summed E-state index contributed by atoms with van der Waals surface area (Å²) in [7, 11) is 1.50. The fourth-order valence-corrected chi connectivity index (χ4v) is 6.74. The molecule has 3 fully saturated rings. The molecule has 15 nitrogen and oxygen atoms in total. The van der Waals surface area contributed by atoms with Gasteiger partial charge in [0.15, 0.2) is 11.5 Å². The molecule has 5 amide bonds. The number of fused-ring (bicyclic) bond motifs is 3. The van der Waals surface area contributed by atoms with Gasteiger partial charge in [0.25, 0.3) is 5.91 Å². The molecule has 2 aromatic heterocycles. The van der Waals surface area contributed by atoms with E-state index in [1.54, 1.807) is 26.0 Å². The lowest BCUT2D eigenvalue weighted by molar-refractivity contribution is -0.147. The predicted octanol–water partition coefficient (Wildman–Crippen LogP) is 0.634. The quantitative estimate of drug-likeness (QED) is 0.305. The van der Waals surface area contributed by atoms with Gasteiger partial charge < -0.3 is 39.6 Å². The first-order chi connectivity index (χ1) is 24.0. The van der Waals surface area contributed by atoms with E-state index in [1.165, 1.54) is 27.8 Å². The molecular formula is C35H43N7O8. The number of aryl methyl sites for hydroxylation is 1. The lowest BCUT2D eigenvalue weighted by Gasteiger charge is -2.38. The van der Waals surface area contributed by atoms with Crippen LogP contribution in [0.15, 0.2) is 52.9 Å². The van der Waals surface area contributed by atoms with Crippen molar-refractivity contribution in [2.45, 2.75) is 75.9 Å². The molecule has 3 aromatic rings. The Morgan fingerprint density at radius 2 is 1.82 bits per heavy atom. The summed E-state index contributed by atoms with van der Waals surface area (Å²) in [5.41, 5.74) is 1.28. The molecule has 0 unspecified atom stereocenters. The molecule has 0 spiro atoms. The van der Waals surface area contributed by atoms with Crippen LogP contribution in [0.3, 0.4) is 0 Å². The fraction of sp³-hybridized carbons (Fsp3) is 0.486. The number of aromatic nitrogens is 2. The highest BCUT2D eigenvalue weighted by molar-refractivity contribution is 5.97. The normalized spacial score (nSPS) is 27.1. The van der Waals surface area contributed by atoms with Gasteiger partial charge in [-0.25, -0.2) is 0 Å². The number of nitrogens with one attached hydrogen (secondary N) is 3. The molecule has 1 aromatic carbocycles. The Kier molecular flexibility index (Phi) is 10.3. The molecule has 6 rings (SSSR count). The number of aromatic amines is 1. The van der Waals surface area contributed by atoms with Crippen molar-refractivity contribution in [1.82, 2.24) is 35.5 Å². The lowest BCUT2D eigenvalue weighted by atomic mass is 9.97. The van der Waals surface area contributed by atoms with E-state index in [0.29, 0.717) is 30.1 Å². The summed E-state index contributed by atoms with van der Waals surface area (Å²) in [6, 6.07) is 10.6. The Balaban J connectivity index is 1.32. The van der Waals surface area contributed by atoms with Crippen LogP contribution >= 0.6 is 0 Å². The van der Waals surface area contributed by atoms with Crippen molar-refractivity contribution in [3.63, 3.8) is 0 Å². The molecule has 3 aliphatic heterocycles. The van der Waals surface area contributed by atoms with Gasteiger partial charge in [-0.1, -0.05) is 30.3 Å². The lowest BCUT2D eigenvalue weighted by Crippen LogP contribution is -2.60. The van der Waals surface area contributed by atoms with Crippen LogP contribution < -0.4 is 10.6 Å². The number of amides is 5. The van der Waals surface area contributed by atoms with E-state index < -0.39 is 72.5 Å². The van der Waals surface area contributed by atoms with E-state index in [0.717, 1.165) is 5.56 Å². The molecule has 0 radical (unpaired) electrons. The Bertz CT molecular complexity index is 1720. The third-order valence-corrected chi connectivity index (χ3v) is 9.78. The topological polar surface area (TPSA) is 190 Å². The highest BCUT2D eigenvalue weighted by Gasteiger charge is 2.42. The van der Waals surface area contributed by atoms with Gasteiger partial charge in [0.05, 0.1) is 12.6 Å². The maximum Gasteiger partial charge on any atom is 0.274 e. The van der Waals surface area contributed by atoms with E-state index in [1.807, 2.05) is 30.3 Å². The Hall–Kier alpha value is -5.02. The monoisotopic (exact) mass is 689 g/mol. The molecule has 0 saturated carbocycles. The number of carbonyl (C=O) groups is 5. The van der Waals surface area contributed by atoms with Crippen molar-refractivity contribution in [2.24, 2.45) is 0 Å². The van der Waals surface area contributed by atoms with Crippen molar-refractivity contribution in [3.8, 4) is 11.5 Å². The third kappa shape index (κ3) is 7.43. The van der Waals surface area contributed by atoms with Crippen molar-refractivity contribution >= 4 is 29.5 Å². The summed E-state index contributed by atoms with van der Waals surface area (Å²) in [6.07, 6.45) is -0.848. The first kappa shape index (κ1) is 34.8. The molecule has 3 saturated heterocycles. The number of rotatable bonds is 4. The Labute approximate surface area is 289 Å². The van der Waals surface area contributed by atoms with Crippen molar-refractivity contribution in [1.29, 1.82) is 0 Å². The van der Waals surface area contributed by atoms with Crippen molar-refractivity contribution in [2.75, 3.05) is 33.3 Å². The highest BCUT2D eigenvalue weighted by Crippen LogP contribution is 2.24. The minimum absolute atomic E-state index is 0.0128. The van der Waals surface area contributed by atoms with Gasteiger partial charge in [0.2, 0.25) is 23.6 Å². The second kappa shape index (κ2) is 14.8. The van der Waals surface area contributed by atoms with Crippen LogP contribution in [0, 0.1) is 6.92 Å². The Morgan fingerprint density at radius 1 is 1.04 bits per heavy atom. The molecule has 2 bridgehead atoms. The zero-order valence-corrected chi connectivity index (χ0v) is 28.3. The molecule has 266 valence electrons. The first-order valence-corrected chi connectivity index (χ1v) is 16.9. The van der Waals surface area contributed by atoms with Gasteiger partial charge >= 0.3 is 0 Å². The number of H-pyrrole nitrogens is 1. The number of aliphatic hydroxyl groups excluding tert-OH is 1. The largest absolute Gasteiger partial charge is 0.460 e. The summed E-state index contributed by atoms with van der Waals surface area (Å²) in [5.74, 6) is -1.40. The minimum atomic E-state index is -1.26. The zero-order chi connectivity index (χ0) is 35.5. The third-order valence-electron chi connectivity index (χ3n) is 9.78. The van der Waals surface area contributed by atoms with Crippen LogP contribution in [0.1, 0.15) is 48.0 Å². The number of likely N-dealkylation sites (N-methyl/N-ethyl adjacent to an activating group) is 1. The summed E-state index contributed by atoms with van der Waals surface area (Å²) < 4.78 is 11.6. The van der Waals surface area contributed by atoms with Crippen molar-refractivity contribution in [3.05, 3.63) is 65.5 Å². The molecule has 5 heterocycles. The van der Waals surface area contributed by atoms with Gasteiger partial charge in [0.1, 0.15) is 48.3 Å². The summed E-state index contributed by atoms with van der Waals surface area (Å²) in [5, 5.41) is 24.2. The standard InChI is InChI=1S/C35H43N7O8/c1-20-11-12-28(50-20)24-17-26(39-38-24)34(47)41-18-29-31(44)23(13-15-49-29)36-33(46)25(16-22-8-5-4-6-9-22)37-32(45)21(2)40(3)35(48)27-10-7-14-42(27)30(43)19-41/h4-6,8-9,11-12,17,21,23,25,27,29,31,44H,7,10,13-16,18-19H2,1-3H3,(H,36,46)(H,37,45)(H,38,39)/t21-,23-,25-,27-,29+,31-/m0/s1. The van der Waals surface area contributed by atoms with Crippen LogP contribution in [0.5, 0.6) is 0 Å². The van der Waals surface area contributed by atoms with Crippen LogP contribution in [0.25, 0.3) is 11.5 Å². The van der Waals surface area contributed by atoms with E-state index in [-0.39, 0.29) is 38.2 Å². The maximum absolute atomic E-state index is 14.0. The van der Waals surface area contributed by atoms with Gasteiger partial charge in [-0.3, -0.25) is 29.1 Å². The summed E-state index contributed by atoms with van der Waals surface area (Å²) >= 11 is 0. The molecule has 0 aliphatic carbocycles. The number of hydrogen-bond donors (Lipinski definition) is 4. The van der Waals surface area contributed by atoms with E-state index >= 15 is 0 Å². The smallest absolute Gasteiger partial charge is 0.274 e. The first-order valence-electron chi connectivity index (χ1n) is 16.9. The van der Waals surface area contributed by atoms with Crippen molar-refractivity contribution < 1.29 is 38.2 Å². The second-order valence-electron chi connectivity index (χ2n) is 13.2. The molecule has 50 heavy (non-hydrogen) atoms. The number of benzene rings is 1. The second-order valence-corrected chi connectivity index (χ2v) is 13.2. The van der Waals surface area contributed by atoms with Crippen LogP contribution in [-0.4, -0.2) is 129 Å². The fourth-order valence-electron chi connectivity index (χ4n) is 6.74. The van der Waals surface area contributed by atoms with Crippen LogP contribution in [0.2, 0.25) is 0 Å². The number of carbonyl (C=O) groups excluding carboxylic acids is 5. The average Bonchev–Trinajstić information content (AvgIpc) is 3.89. The zero-order valence-electron chi connectivity index (χ0n) is 28.3. The molecular weight excluding hydrogens is 646 g/mol. The van der Waals surface area contributed by atoms with Gasteiger partial charge in [-0.15, -0.1) is 0 Å². The number of ether oxygens (including phenoxy) is 1. The summed E-state index contributed by atoms with van der Waals surface area (Å²) in [4.78, 5) is 73.0. The SMILES string of the molecule is Cc1ccc(-c2cc(C(=O)N3CC(=O)N4CCC[C@H]4C(=O)N(C)[C@@H](C)C(=O)N[C@@H](Cc4ccccc4)C(=O)N[C@H]4CCO[C@H](C3)[C@H]4O)n[nH]2)o1. The Morgan fingerprint density at radius 3 is 2.56 bits per heavy atom. The average molecular weight is 690 g/mol. The highest BCUT2D eigenvalue weighted by atomic mass is 16.5. The number of aliphatic hydroxyl groups is 1. The van der Waals surface area contributed by atoms with Gasteiger partial charge in [0, 0.05) is 32.7 Å². The number of hydrogen-bond acceptors (Lipinski definition) is 9. The molecule has 4 N–H and O–H groups in total. The molecule has 6 atom stereocenters. The van der Waals surface area contributed by atoms with Crippen LogP contribution in [0.4, 0.5) is 0 Å². The van der Waals surface area contributed by atoms with E-state index in [4.69, 9.17) is 9.15 Å².